The summed E-state index contributed by atoms with van der Waals surface area (Å²) in [6.45, 7) is 18.2. The highest BCUT2D eigenvalue weighted by molar-refractivity contribution is 5.95. The number of hydrogen-bond donors (Lipinski definition) is 2. The van der Waals surface area contributed by atoms with Crippen molar-refractivity contribution in [1.82, 2.24) is 19.9 Å². The molecule has 0 spiro atoms. The third-order valence-electron chi connectivity index (χ3n) is 9.60. The fourth-order valence-corrected chi connectivity index (χ4v) is 6.71. The fraction of sp³-hybridized carbons (Fsp3) is 0.273. The number of nitrogens with zero attached hydrogens (tertiary/aromatic N) is 2. The largest absolute Gasteiger partial charge is 0.355 e. The molecule has 0 unspecified atom stereocenters. The van der Waals surface area contributed by atoms with Gasteiger partial charge in [-0.2, -0.15) is 0 Å². The maximum absolute atomic E-state index is 5.72. The lowest BCUT2D eigenvalue weighted by atomic mass is 9.79. The Hall–Kier alpha value is -5.14. The summed E-state index contributed by atoms with van der Waals surface area (Å²) in [6.07, 6.45) is 10.9. The van der Waals surface area contributed by atoms with Crippen molar-refractivity contribution < 1.29 is 0 Å². The molecule has 0 atom stereocenters. The van der Waals surface area contributed by atoms with E-state index in [9.17, 15) is 0 Å². The minimum Gasteiger partial charge on any atom is -0.355 e. The molecule has 0 saturated carbocycles. The average molecular weight is 630 g/mol. The van der Waals surface area contributed by atoms with E-state index in [2.05, 4.69) is 150 Å². The number of terminal acetylenes is 1. The van der Waals surface area contributed by atoms with Crippen LogP contribution in [0.5, 0.6) is 0 Å². The number of aromatic nitrogens is 4. The quantitative estimate of drug-likeness (QED) is 0.187. The second-order valence-electron chi connectivity index (χ2n) is 16.0. The summed E-state index contributed by atoms with van der Waals surface area (Å²) in [6, 6.07) is 28.2. The van der Waals surface area contributed by atoms with Crippen LogP contribution in [0.15, 0.2) is 78.9 Å². The summed E-state index contributed by atoms with van der Waals surface area (Å²) >= 11 is 0. The zero-order valence-electron chi connectivity index (χ0n) is 29.3. The van der Waals surface area contributed by atoms with Gasteiger partial charge in [0.15, 0.2) is 0 Å². The molecule has 2 aromatic carbocycles. The van der Waals surface area contributed by atoms with Crippen molar-refractivity contribution >= 4 is 34.2 Å². The molecule has 2 aliphatic heterocycles. The molecule has 0 aliphatic carbocycles. The lowest BCUT2D eigenvalue weighted by Crippen LogP contribution is -2.16. The standard InChI is InChI=1S/C44H44N4/c1-10-27-11-13-28(14-12-27)40-35-17-15-32(45-35)24-34-26-44(8,9)39(47-34)25-33-16-18-36(46-33)41(38-20-19-37(40)48-38)29-21-30(42(2,3)4)23-31(22-29)43(5,6)7/h1,11-25,45-46H,26H2,2-9H3/i39+1. The molecule has 0 fully saturated rings. The van der Waals surface area contributed by atoms with Crippen LogP contribution < -0.4 is 0 Å². The van der Waals surface area contributed by atoms with Crippen LogP contribution in [0.3, 0.4) is 0 Å². The number of H-pyrrole nitrogens is 2. The first-order valence-corrected chi connectivity index (χ1v) is 16.8. The maximum atomic E-state index is 5.72. The summed E-state index contributed by atoms with van der Waals surface area (Å²) in [5, 5.41) is 0. The molecule has 0 radical (unpaired) electrons. The third-order valence-corrected chi connectivity index (χ3v) is 9.60. The Morgan fingerprint density at radius 1 is 0.646 bits per heavy atom. The second kappa shape index (κ2) is 11.2. The van der Waals surface area contributed by atoms with Gasteiger partial charge < -0.3 is 9.97 Å². The molecule has 4 heteroatoms. The van der Waals surface area contributed by atoms with Gasteiger partial charge in [0, 0.05) is 62.0 Å². The molecule has 2 aliphatic rings. The average Bonchev–Trinajstić information content (AvgIpc) is 3.82. The summed E-state index contributed by atoms with van der Waals surface area (Å²) in [4.78, 5) is 18.0. The predicted octanol–water partition coefficient (Wildman–Crippen LogP) is 10.9. The predicted molar refractivity (Wildman–Crippen MR) is 203 cm³/mol. The van der Waals surface area contributed by atoms with Gasteiger partial charge in [-0.15, -0.1) is 6.42 Å². The summed E-state index contributed by atoms with van der Waals surface area (Å²) < 4.78 is 0. The molecule has 5 heterocycles. The number of fused-ring (bicyclic) bond motifs is 8. The first-order valence-electron chi connectivity index (χ1n) is 16.8. The van der Waals surface area contributed by atoms with Crippen molar-refractivity contribution in [2.45, 2.75) is 78.1 Å². The van der Waals surface area contributed by atoms with Crippen molar-refractivity contribution in [3.63, 3.8) is 0 Å². The Balaban J connectivity index is 1.63. The van der Waals surface area contributed by atoms with Crippen LogP contribution in [-0.2, 0) is 22.7 Å². The van der Waals surface area contributed by atoms with Gasteiger partial charge in [0.2, 0.25) is 0 Å². The fourth-order valence-electron chi connectivity index (χ4n) is 6.71. The molecule has 240 valence electrons. The monoisotopic (exact) mass is 629 g/mol. The number of aromatic amines is 2. The molecular weight excluding hydrogens is 586 g/mol. The van der Waals surface area contributed by atoms with Gasteiger partial charge in [0.05, 0.1) is 11.4 Å². The van der Waals surface area contributed by atoms with E-state index in [-0.39, 0.29) is 16.2 Å². The molecule has 5 aromatic rings. The highest BCUT2D eigenvalue weighted by Gasteiger charge is 2.28. The number of rotatable bonds is 2. The van der Waals surface area contributed by atoms with Gasteiger partial charge in [0.25, 0.3) is 0 Å². The van der Waals surface area contributed by atoms with Crippen molar-refractivity contribution in [3.05, 3.63) is 118 Å². The summed E-state index contributed by atoms with van der Waals surface area (Å²) in [7, 11) is 0. The first kappa shape index (κ1) is 31.5. The van der Waals surface area contributed by atoms with Crippen LogP contribution in [0.25, 0.3) is 56.5 Å². The number of hydrogen-bond acceptors (Lipinski definition) is 2. The molecule has 8 bridgehead atoms. The molecule has 0 amide bonds. The van der Waals surface area contributed by atoms with E-state index in [0.717, 1.165) is 79.1 Å². The van der Waals surface area contributed by atoms with Crippen molar-refractivity contribution in [2.75, 3.05) is 0 Å². The molecule has 7 rings (SSSR count). The molecule has 2 N–H and O–H groups in total. The van der Waals surface area contributed by atoms with Gasteiger partial charge in [-0.25, -0.2) is 4.98 Å². The van der Waals surface area contributed by atoms with Gasteiger partial charge in [-0.1, -0.05) is 91.6 Å². The smallest absolute Gasteiger partial charge is 0.0737 e. The molecule has 3 aromatic heterocycles. The Kier molecular flexibility index (Phi) is 7.37. The van der Waals surface area contributed by atoms with Gasteiger partial charge in [-0.3, -0.25) is 4.98 Å². The Labute approximate surface area is 284 Å². The Morgan fingerprint density at radius 2 is 1.19 bits per heavy atom. The SMILES string of the molecule is C#Cc1ccc(-c2c3nc(c(-c4cc(C(C)(C)C)cc(C(C)(C)C)c4)c4ccc(c[13c]5nc(cc6ccc2[nH]6)CC5(C)C)[nH]4)C=C3)cc1. The lowest BCUT2D eigenvalue weighted by molar-refractivity contribution is 0.543. The van der Waals surface area contributed by atoms with E-state index in [1.807, 2.05) is 12.1 Å². The molecule has 0 saturated heterocycles. The van der Waals surface area contributed by atoms with E-state index in [0.29, 0.717) is 0 Å². The topological polar surface area (TPSA) is 57.4 Å². The summed E-state index contributed by atoms with van der Waals surface area (Å²) in [5.41, 5.74) is 15.6. The minimum atomic E-state index is -0.0898. The Morgan fingerprint density at radius 3 is 1.73 bits per heavy atom. The van der Waals surface area contributed by atoms with E-state index < -0.39 is 0 Å². The molecule has 4 nitrogen and oxygen atoms in total. The zero-order valence-corrected chi connectivity index (χ0v) is 29.3. The van der Waals surface area contributed by atoms with Gasteiger partial charge in [-0.05, 0) is 93.8 Å². The summed E-state index contributed by atoms with van der Waals surface area (Å²) in [5.74, 6) is 2.75. The lowest BCUT2D eigenvalue weighted by Gasteiger charge is -2.26. The first-order chi connectivity index (χ1) is 22.7. The highest BCUT2D eigenvalue weighted by Crippen LogP contribution is 2.39. The normalized spacial score (nSPS) is 14.2. The second-order valence-corrected chi connectivity index (χ2v) is 16.0. The van der Waals surface area contributed by atoms with E-state index >= 15 is 0 Å². The zero-order chi connectivity index (χ0) is 34.0. The third kappa shape index (κ3) is 5.90. The highest BCUT2D eigenvalue weighted by atomic mass is 15.0. The van der Waals surface area contributed by atoms with E-state index in [1.54, 1.807) is 0 Å². The van der Waals surface area contributed by atoms with Crippen LogP contribution in [0.1, 0.15) is 94.9 Å². The van der Waals surface area contributed by atoms with Crippen molar-refractivity contribution in [3.8, 4) is 34.6 Å². The van der Waals surface area contributed by atoms with Gasteiger partial charge >= 0.3 is 0 Å². The van der Waals surface area contributed by atoms with Crippen LogP contribution >= 0.6 is 0 Å². The molecular formula is C44H44N4. The number of nitrogens with one attached hydrogen (secondary N) is 2. The van der Waals surface area contributed by atoms with E-state index in [4.69, 9.17) is 16.4 Å². The Bertz CT molecular complexity index is 2270. The van der Waals surface area contributed by atoms with Crippen LogP contribution in [0, 0.1) is 12.3 Å². The van der Waals surface area contributed by atoms with Crippen LogP contribution in [-0.4, -0.2) is 19.9 Å². The van der Waals surface area contributed by atoms with E-state index in [1.165, 1.54) is 11.1 Å². The van der Waals surface area contributed by atoms with Crippen molar-refractivity contribution in [2.24, 2.45) is 0 Å². The van der Waals surface area contributed by atoms with Crippen LogP contribution in [0.4, 0.5) is 0 Å². The number of benzene rings is 2. The maximum Gasteiger partial charge on any atom is 0.0737 e. The molecule has 48 heavy (non-hydrogen) atoms. The minimum absolute atomic E-state index is 0.0254. The van der Waals surface area contributed by atoms with Gasteiger partial charge in [0.1, 0.15) is 0 Å². The van der Waals surface area contributed by atoms with Crippen LogP contribution in [0.2, 0.25) is 0 Å². The van der Waals surface area contributed by atoms with Crippen molar-refractivity contribution in [1.29, 1.82) is 0 Å².